The summed E-state index contributed by atoms with van der Waals surface area (Å²) >= 11 is 0. The molecule has 1 aromatic heterocycles. The third kappa shape index (κ3) is 2.31. The molecule has 0 fully saturated rings. The second kappa shape index (κ2) is 4.59. The molecule has 17 heavy (non-hydrogen) atoms. The Morgan fingerprint density at radius 1 is 1.41 bits per heavy atom. The molecule has 0 aliphatic rings. The second-order valence-electron chi connectivity index (χ2n) is 4.40. The van der Waals surface area contributed by atoms with E-state index >= 15 is 0 Å². The number of likely N-dealkylation sites (N-methyl/N-ethyl adjacent to an activating group) is 1. The van der Waals surface area contributed by atoms with E-state index < -0.39 is 5.97 Å². The van der Waals surface area contributed by atoms with Crippen molar-refractivity contribution in [2.24, 2.45) is 0 Å². The number of benzene rings is 1. The Labute approximate surface area is 99.9 Å². The Kier molecular flexibility index (Phi) is 3.15. The molecule has 0 unspecified atom stereocenters. The van der Waals surface area contributed by atoms with Crippen LogP contribution in [0.2, 0.25) is 0 Å². The molecule has 90 valence electrons. The predicted octanol–water partition coefficient (Wildman–Crippen LogP) is 1.97. The van der Waals surface area contributed by atoms with E-state index in [1.54, 1.807) is 12.1 Å². The molecule has 1 aromatic carbocycles. The van der Waals surface area contributed by atoms with Crippen LogP contribution in [0.3, 0.4) is 0 Å². The summed E-state index contributed by atoms with van der Waals surface area (Å²) in [5, 5.41) is 10.0. The summed E-state index contributed by atoms with van der Waals surface area (Å²) in [6.07, 6.45) is 2.75. The van der Waals surface area contributed by atoms with E-state index in [1.807, 2.05) is 26.4 Å². The predicted molar refractivity (Wildman–Crippen MR) is 67.5 cm³/mol. The first kappa shape index (κ1) is 11.7. The lowest BCUT2D eigenvalue weighted by molar-refractivity contribution is 0.0699. The molecule has 0 bridgehead atoms. The third-order valence-electron chi connectivity index (χ3n) is 2.85. The summed E-state index contributed by atoms with van der Waals surface area (Å²) in [5.74, 6) is -0.874. The number of carboxylic acid groups (broad SMARTS) is 1. The summed E-state index contributed by atoms with van der Waals surface area (Å²) in [6.45, 7) is 0.904. The average Bonchev–Trinajstić information content (AvgIpc) is 2.69. The van der Waals surface area contributed by atoms with Crippen molar-refractivity contribution in [3.8, 4) is 0 Å². The van der Waals surface area contributed by atoms with E-state index in [-0.39, 0.29) is 0 Å². The summed E-state index contributed by atoms with van der Waals surface area (Å²) in [4.78, 5) is 16.4. The van der Waals surface area contributed by atoms with Crippen LogP contribution < -0.4 is 0 Å². The largest absolute Gasteiger partial charge is 0.478 e. The molecule has 0 saturated heterocycles. The molecule has 0 radical (unpaired) electrons. The molecule has 2 N–H and O–H groups in total. The Morgan fingerprint density at radius 2 is 2.18 bits per heavy atom. The van der Waals surface area contributed by atoms with E-state index in [0.717, 1.165) is 29.4 Å². The van der Waals surface area contributed by atoms with Crippen LogP contribution >= 0.6 is 0 Å². The Morgan fingerprint density at radius 3 is 2.82 bits per heavy atom. The molecule has 1 heterocycles. The quantitative estimate of drug-likeness (QED) is 0.847. The van der Waals surface area contributed by atoms with Crippen molar-refractivity contribution in [3.63, 3.8) is 0 Å². The number of fused-ring (bicyclic) bond motifs is 1. The number of hydrogen-bond donors (Lipinski definition) is 2. The van der Waals surface area contributed by atoms with Crippen LogP contribution in [0.4, 0.5) is 0 Å². The molecule has 4 heteroatoms. The van der Waals surface area contributed by atoms with Crippen LogP contribution in [0.5, 0.6) is 0 Å². The molecular weight excluding hydrogens is 216 g/mol. The molecule has 2 aromatic rings. The molecule has 4 nitrogen and oxygen atoms in total. The summed E-state index contributed by atoms with van der Waals surface area (Å²) in [7, 11) is 4.01. The van der Waals surface area contributed by atoms with Gasteiger partial charge in [-0.25, -0.2) is 4.79 Å². The fraction of sp³-hybridized carbons (Fsp3) is 0.308. The lowest BCUT2D eigenvalue weighted by Crippen LogP contribution is -2.15. The molecular formula is C13H16N2O2. The minimum atomic E-state index is -0.874. The first-order valence-electron chi connectivity index (χ1n) is 5.56. The van der Waals surface area contributed by atoms with E-state index in [4.69, 9.17) is 0 Å². The van der Waals surface area contributed by atoms with Crippen molar-refractivity contribution < 1.29 is 9.90 Å². The van der Waals surface area contributed by atoms with Gasteiger partial charge in [0.1, 0.15) is 0 Å². The fourth-order valence-electron chi connectivity index (χ4n) is 1.98. The standard InChI is InChI=1S/C13H16N2O2/c1-15(2)7-6-9-8-14-11-5-3-4-10(12(9)11)13(16)17/h3-5,8,14H,6-7H2,1-2H3,(H,16,17). The van der Waals surface area contributed by atoms with Crippen LogP contribution in [-0.2, 0) is 6.42 Å². The van der Waals surface area contributed by atoms with Crippen molar-refractivity contribution in [3.05, 3.63) is 35.5 Å². The maximum absolute atomic E-state index is 11.2. The van der Waals surface area contributed by atoms with Gasteiger partial charge in [-0.15, -0.1) is 0 Å². The van der Waals surface area contributed by atoms with E-state index in [2.05, 4.69) is 9.88 Å². The summed E-state index contributed by atoms with van der Waals surface area (Å²) in [5.41, 5.74) is 2.32. The average molecular weight is 232 g/mol. The van der Waals surface area contributed by atoms with Gasteiger partial charge in [0.05, 0.1) is 5.56 Å². The second-order valence-corrected chi connectivity index (χ2v) is 4.40. The van der Waals surface area contributed by atoms with Gasteiger partial charge in [-0.1, -0.05) is 6.07 Å². The van der Waals surface area contributed by atoms with Gasteiger partial charge in [0.15, 0.2) is 0 Å². The number of H-pyrrole nitrogens is 1. The first-order chi connectivity index (χ1) is 8.09. The molecule has 0 amide bonds. The maximum Gasteiger partial charge on any atom is 0.336 e. The van der Waals surface area contributed by atoms with Gasteiger partial charge in [0, 0.05) is 23.6 Å². The molecule has 0 spiro atoms. The van der Waals surface area contributed by atoms with Gasteiger partial charge in [-0.2, -0.15) is 0 Å². The fourth-order valence-corrected chi connectivity index (χ4v) is 1.98. The third-order valence-corrected chi connectivity index (χ3v) is 2.85. The normalized spacial score (nSPS) is 11.2. The first-order valence-corrected chi connectivity index (χ1v) is 5.56. The van der Waals surface area contributed by atoms with Crippen molar-refractivity contribution in [1.82, 2.24) is 9.88 Å². The Bertz CT molecular complexity index is 543. The highest BCUT2D eigenvalue weighted by atomic mass is 16.4. The number of carbonyl (C=O) groups is 1. The monoisotopic (exact) mass is 232 g/mol. The van der Waals surface area contributed by atoms with Crippen molar-refractivity contribution in [1.29, 1.82) is 0 Å². The van der Waals surface area contributed by atoms with Gasteiger partial charge in [-0.3, -0.25) is 0 Å². The van der Waals surface area contributed by atoms with Gasteiger partial charge in [0.25, 0.3) is 0 Å². The molecule has 0 atom stereocenters. The Hall–Kier alpha value is -1.81. The van der Waals surface area contributed by atoms with Crippen molar-refractivity contribution in [2.45, 2.75) is 6.42 Å². The van der Waals surface area contributed by atoms with Gasteiger partial charge in [0.2, 0.25) is 0 Å². The number of carboxylic acids is 1. The van der Waals surface area contributed by atoms with Crippen LogP contribution in [0, 0.1) is 0 Å². The highest BCUT2D eigenvalue weighted by Crippen LogP contribution is 2.23. The highest BCUT2D eigenvalue weighted by Gasteiger charge is 2.13. The number of rotatable bonds is 4. The van der Waals surface area contributed by atoms with Gasteiger partial charge >= 0.3 is 5.97 Å². The molecule has 0 aliphatic heterocycles. The van der Waals surface area contributed by atoms with E-state index in [1.165, 1.54) is 0 Å². The van der Waals surface area contributed by atoms with Crippen LogP contribution in [-0.4, -0.2) is 41.6 Å². The number of nitrogens with one attached hydrogen (secondary N) is 1. The van der Waals surface area contributed by atoms with Crippen LogP contribution in [0.1, 0.15) is 15.9 Å². The topological polar surface area (TPSA) is 56.3 Å². The van der Waals surface area contributed by atoms with Gasteiger partial charge < -0.3 is 15.0 Å². The van der Waals surface area contributed by atoms with Gasteiger partial charge in [-0.05, 0) is 38.2 Å². The number of aromatic nitrogens is 1. The number of nitrogens with zero attached hydrogens (tertiary/aromatic N) is 1. The zero-order valence-electron chi connectivity index (χ0n) is 10.0. The zero-order chi connectivity index (χ0) is 12.4. The van der Waals surface area contributed by atoms with E-state index in [0.29, 0.717) is 5.56 Å². The minimum Gasteiger partial charge on any atom is -0.478 e. The lowest BCUT2D eigenvalue weighted by atomic mass is 10.0. The SMILES string of the molecule is CN(C)CCc1c[nH]c2cccc(C(=O)O)c12. The van der Waals surface area contributed by atoms with Crippen LogP contribution in [0.15, 0.2) is 24.4 Å². The Balaban J connectivity index is 2.46. The summed E-state index contributed by atoms with van der Waals surface area (Å²) in [6, 6.07) is 5.32. The van der Waals surface area contributed by atoms with E-state index in [9.17, 15) is 9.90 Å². The number of aromatic carboxylic acids is 1. The highest BCUT2D eigenvalue weighted by molar-refractivity contribution is 6.04. The molecule has 0 aliphatic carbocycles. The smallest absolute Gasteiger partial charge is 0.336 e. The summed E-state index contributed by atoms with van der Waals surface area (Å²) < 4.78 is 0. The van der Waals surface area contributed by atoms with Crippen molar-refractivity contribution >= 4 is 16.9 Å². The zero-order valence-corrected chi connectivity index (χ0v) is 10.0. The van der Waals surface area contributed by atoms with Crippen LogP contribution in [0.25, 0.3) is 10.9 Å². The number of hydrogen-bond acceptors (Lipinski definition) is 2. The lowest BCUT2D eigenvalue weighted by Gasteiger charge is -2.08. The van der Waals surface area contributed by atoms with Crippen molar-refractivity contribution in [2.75, 3.05) is 20.6 Å². The molecule has 2 rings (SSSR count). The maximum atomic E-state index is 11.2. The number of aromatic amines is 1. The molecule has 0 saturated carbocycles. The minimum absolute atomic E-state index is 0.373.